The SMILES string of the molecule is CCSC1CCC(Nc2ncc(C(=O)O)s2)C1. The van der Waals surface area contributed by atoms with Gasteiger partial charge in [-0.25, -0.2) is 9.78 Å². The average Bonchev–Trinajstić information content (AvgIpc) is 2.89. The number of thiazole rings is 1. The third kappa shape index (κ3) is 3.35. The molecule has 1 heterocycles. The summed E-state index contributed by atoms with van der Waals surface area (Å²) >= 11 is 3.23. The van der Waals surface area contributed by atoms with E-state index < -0.39 is 5.97 Å². The minimum absolute atomic E-state index is 0.296. The van der Waals surface area contributed by atoms with E-state index in [0.717, 1.165) is 29.0 Å². The Morgan fingerprint density at radius 2 is 2.53 bits per heavy atom. The molecule has 2 atom stereocenters. The van der Waals surface area contributed by atoms with Crippen LogP contribution >= 0.6 is 23.1 Å². The van der Waals surface area contributed by atoms with Crippen LogP contribution in [0.2, 0.25) is 0 Å². The lowest BCUT2D eigenvalue weighted by Crippen LogP contribution is -2.15. The predicted molar refractivity (Wildman–Crippen MR) is 72.3 cm³/mol. The van der Waals surface area contributed by atoms with E-state index in [2.05, 4.69) is 17.2 Å². The van der Waals surface area contributed by atoms with Gasteiger partial charge in [-0.3, -0.25) is 0 Å². The van der Waals surface area contributed by atoms with Crippen molar-refractivity contribution in [2.75, 3.05) is 11.1 Å². The molecule has 6 heteroatoms. The maximum Gasteiger partial charge on any atom is 0.347 e. The molecule has 1 aliphatic carbocycles. The van der Waals surface area contributed by atoms with Crippen LogP contribution in [0.1, 0.15) is 35.9 Å². The third-order valence-corrected chi connectivity index (χ3v) is 4.98. The summed E-state index contributed by atoms with van der Waals surface area (Å²) in [5.41, 5.74) is 0. The summed E-state index contributed by atoms with van der Waals surface area (Å²) < 4.78 is 0. The third-order valence-electron chi connectivity index (χ3n) is 2.83. The summed E-state index contributed by atoms with van der Waals surface area (Å²) in [5.74, 6) is 0.263. The van der Waals surface area contributed by atoms with Crippen molar-refractivity contribution in [1.82, 2.24) is 4.98 Å². The van der Waals surface area contributed by atoms with Gasteiger partial charge in [0.2, 0.25) is 0 Å². The van der Waals surface area contributed by atoms with Gasteiger partial charge in [0.1, 0.15) is 4.88 Å². The molecule has 0 radical (unpaired) electrons. The molecular weight excluding hydrogens is 256 g/mol. The minimum atomic E-state index is -0.901. The van der Waals surface area contributed by atoms with E-state index in [9.17, 15) is 4.79 Å². The van der Waals surface area contributed by atoms with Crippen molar-refractivity contribution in [2.45, 2.75) is 37.5 Å². The van der Waals surface area contributed by atoms with Gasteiger partial charge in [0.25, 0.3) is 0 Å². The van der Waals surface area contributed by atoms with Gasteiger partial charge in [-0.1, -0.05) is 18.3 Å². The number of carboxylic acid groups (broad SMARTS) is 1. The van der Waals surface area contributed by atoms with E-state index >= 15 is 0 Å². The van der Waals surface area contributed by atoms with Gasteiger partial charge < -0.3 is 10.4 Å². The van der Waals surface area contributed by atoms with Crippen molar-refractivity contribution in [2.24, 2.45) is 0 Å². The van der Waals surface area contributed by atoms with Gasteiger partial charge in [0.05, 0.1) is 6.20 Å². The normalized spacial score (nSPS) is 23.8. The number of hydrogen-bond donors (Lipinski definition) is 2. The highest BCUT2D eigenvalue weighted by Gasteiger charge is 2.25. The van der Waals surface area contributed by atoms with Gasteiger partial charge in [-0.2, -0.15) is 11.8 Å². The summed E-state index contributed by atoms with van der Waals surface area (Å²) in [6.07, 6.45) is 4.97. The number of thioether (sulfide) groups is 1. The van der Waals surface area contributed by atoms with Gasteiger partial charge in [-0.15, -0.1) is 0 Å². The molecule has 2 N–H and O–H groups in total. The molecule has 0 spiro atoms. The summed E-state index contributed by atoms with van der Waals surface area (Å²) in [4.78, 5) is 15.1. The molecule has 0 amide bonds. The number of carbonyl (C=O) groups is 1. The first-order valence-corrected chi connectivity index (χ1v) is 7.62. The highest BCUT2D eigenvalue weighted by Crippen LogP contribution is 2.32. The lowest BCUT2D eigenvalue weighted by atomic mass is 10.3. The minimum Gasteiger partial charge on any atom is -0.477 e. The van der Waals surface area contributed by atoms with Gasteiger partial charge >= 0.3 is 5.97 Å². The molecule has 1 aliphatic rings. The number of carboxylic acids is 1. The number of aromatic carboxylic acids is 1. The molecular formula is C11H16N2O2S2. The molecule has 94 valence electrons. The zero-order valence-electron chi connectivity index (χ0n) is 9.68. The summed E-state index contributed by atoms with van der Waals surface area (Å²) in [7, 11) is 0. The lowest BCUT2D eigenvalue weighted by molar-refractivity contribution is 0.0702. The maximum absolute atomic E-state index is 10.7. The molecule has 2 rings (SSSR count). The average molecular weight is 272 g/mol. The summed E-state index contributed by atoms with van der Waals surface area (Å²) in [6, 6.07) is 0.451. The van der Waals surface area contributed by atoms with Gasteiger partial charge in [0, 0.05) is 11.3 Å². The van der Waals surface area contributed by atoms with E-state index in [4.69, 9.17) is 5.11 Å². The smallest absolute Gasteiger partial charge is 0.347 e. The van der Waals surface area contributed by atoms with Crippen LogP contribution < -0.4 is 5.32 Å². The van der Waals surface area contributed by atoms with Crippen molar-refractivity contribution in [1.29, 1.82) is 0 Å². The first-order chi connectivity index (χ1) is 8.19. The molecule has 1 saturated carbocycles. The summed E-state index contributed by atoms with van der Waals surface area (Å²) in [6.45, 7) is 2.19. The molecule has 4 nitrogen and oxygen atoms in total. The molecule has 0 bridgehead atoms. The Morgan fingerprint density at radius 3 is 3.18 bits per heavy atom. The van der Waals surface area contributed by atoms with Crippen molar-refractivity contribution in [3.63, 3.8) is 0 Å². The molecule has 1 aromatic heterocycles. The van der Waals surface area contributed by atoms with Crippen LogP contribution in [0.25, 0.3) is 0 Å². The number of anilines is 1. The molecule has 1 aromatic rings. The van der Waals surface area contributed by atoms with Crippen LogP contribution in [0.15, 0.2) is 6.20 Å². The van der Waals surface area contributed by atoms with Crippen LogP contribution in [0.5, 0.6) is 0 Å². The summed E-state index contributed by atoms with van der Waals surface area (Å²) in [5, 5.41) is 13.6. The van der Waals surface area contributed by atoms with Crippen LogP contribution in [-0.4, -0.2) is 33.1 Å². The van der Waals surface area contributed by atoms with E-state index in [1.807, 2.05) is 11.8 Å². The number of aromatic nitrogens is 1. The van der Waals surface area contributed by atoms with Crippen molar-refractivity contribution in [3.8, 4) is 0 Å². The Kier molecular flexibility index (Phi) is 4.28. The first-order valence-electron chi connectivity index (χ1n) is 5.76. The molecule has 1 fully saturated rings. The fourth-order valence-electron chi connectivity index (χ4n) is 2.07. The second kappa shape index (κ2) is 5.73. The van der Waals surface area contributed by atoms with E-state index in [1.165, 1.54) is 24.0 Å². The number of hydrogen-bond acceptors (Lipinski definition) is 5. The monoisotopic (exact) mass is 272 g/mol. The maximum atomic E-state index is 10.7. The predicted octanol–water partition coefficient (Wildman–Crippen LogP) is 2.93. The van der Waals surface area contributed by atoms with E-state index in [-0.39, 0.29) is 0 Å². The Hall–Kier alpha value is -0.750. The first kappa shape index (κ1) is 12.7. The number of nitrogens with one attached hydrogen (secondary N) is 1. The quantitative estimate of drug-likeness (QED) is 0.863. The van der Waals surface area contributed by atoms with Crippen LogP contribution in [0, 0.1) is 0 Å². The topological polar surface area (TPSA) is 62.2 Å². The van der Waals surface area contributed by atoms with E-state index in [0.29, 0.717) is 10.9 Å². The Labute approximate surface area is 109 Å². The van der Waals surface area contributed by atoms with Crippen molar-refractivity contribution in [3.05, 3.63) is 11.1 Å². The highest BCUT2D eigenvalue weighted by molar-refractivity contribution is 7.99. The number of nitrogens with zero attached hydrogens (tertiary/aromatic N) is 1. The standard InChI is InChI=1S/C11H16N2O2S2/c1-2-16-8-4-3-7(5-8)13-11-12-6-9(17-11)10(14)15/h6-8H,2-5H2,1H3,(H,12,13)(H,14,15). The Balaban J connectivity index is 1.87. The van der Waals surface area contributed by atoms with Crippen LogP contribution in [0.4, 0.5) is 5.13 Å². The molecule has 0 saturated heterocycles. The second-order valence-electron chi connectivity index (χ2n) is 4.07. The fraction of sp³-hybridized carbons (Fsp3) is 0.636. The van der Waals surface area contributed by atoms with Crippen LogP contribution in [0.3, 0.4) is 0 Å². The van der Waals surface area contributed by atoms with E-state index in [1.54, 1.807) is 0 Å². The Morgan fingerprint density at radius 1 is 1.71 bits per heavy atom. The molecule has 17 heavy (non-hydrogen) atoms. The van der Waals surface area contributed by atoms with Gasteiger partial charge in [-0.05, 0) is 25.0 Å². The second-order valence-corrected chi connectivity index (χ2v) is 6.67. The zero-order chi connectivity index (χ0) is 12.3. The molecule has 0 aromatic carbocycles. The van der Waals surface area contributed by atoms with Gasteiger partial charge in [0.15, 0.2) is 5.13 Å². The van der Waals surface area contributed by atoms with Crippen LogP contribution in [-0.2, 0) is 0 Å². The fourth-order valence-corrected chi connectivity index (χ4v) is 3.95. The molecule has 0 aliphatic heterocycles. The highest BCUT2D eigenvalue weighted by atomic mass is 32.2. The van der Waals surface area contributed by atoms with Crippen molar-refractivity contribution >= 4 is 34.2 Å². The molecule has 2 unspecified atom stereocenters. The lowest BCUT2D eigenvalue weighted by Gasteiger charge is -2.11. The Bertz CT molecular complexity index is 395. The number of rotatable bonds is 5. The van der Waals surface area contributed by atoms with Crippen molar-refractivity contribution < 1.29 is 9.90 Å². The zero-order valence-corrected chi connectivity index (χ0v) is 11.3. The largest absolute Gasteiger partial charge is 0.477 e.